The topological polar surface area (TPSA) is 158 Å². The first-order chi connectivity index (χ1) is 18.7. The summed E-state index contributed by atoms with van der Waals surface area (Å²) in [5.41, 5.74) is 7.35. The molecular formula is C25H30BrN7O5S. The number of carbonyl (C=O) groups excluding carboxylic acids is 2. The molecule has 0 spiro atoms. The third-order valence-electron chi connectivity index (χ3n) is 6.80. The Hall–Kier alpha value is -3.10. The summed E-state index contributed by atoms with van der Waals surface area (Å²) in [4.78, 5) is 40.7. The first-order valence-corrected chi connectivity index (χ1v) is 14.3. The monoisotopic (exact) mass is 619 g/mol. The lowest BCUT2D eigenvalue weighted by Crippen LogP contribution is -2.51. The molecule has 12 nitrogen and oxygen atoms in total. The van der Waals surface area contributed by atoms with Crippen LogP contribution in [0.4, 0.5) is 5.82 Å². The molecule has 4 N–H and O–H groups in total. The number of aromatic nitrogens is 4. The molecule has 0 aliphatic carbocycles. The third kappa shape index (κ3) is 5.92. The second-order valence-electron chi connectivity index (χ2n) is 9.64. The maximum Gasteiger partial charge on any atom is 0.249 e. The molecule has 2 aliphatic rings. The van der Waals surface area contributed by atoms with Gasteiger partial charge in [0.25, 0.3) is 0 Å². The molecule has 5 rings (SSSR count). The Morgan fingerprint density at radius 1 is 1.21 bits per heavy atom. The molecule has 4 heterocycles. The number of ether oxygens (including phenoxy) is 2. The van der Waals surface area contributed by atoms with Crippen molar-refractivity contribution in [1.29, 1.82) is 0 Å². The largest absolute Gasteiger partial charge is 0.486 e. The minimum absolute atomic E-state index is 0.157. The van der Waals surface area contributed by atoms with E-state index in [0.29, 0.717) is 61.3 Å². The number of nitrogens with zero attached hydrogens (tertiary/aromatic N) is 5. The molecule has 0 radical (unpaired) electrons. The molecule has 14 heteroatoms. The summed E-state index contributed by atoms with van der Waals surface area (Å²) in [6, 6.07) is 3.13. The fraction of sp³-hybridized carbons (Fsp3) is 0.480. The molecule has 2 aliphatic heterocycles. The number of benzene rings is 1. The second kappa shape index (κ2) is 11.6. The van der Waals surface area contributed by atoms with Crippen molar-refractivity contribution in [1.82, 2.24) is 29.7 Å². The van der Waals surface area contributed by atoms with E-state index in [2.05, 4.69) is 35.8 Å². The first kappa shape index (κ1) is 27.5. The number of carbonyl (C=O) groups is 2. The van der Waals surface area contributed by atoms with Crippen molar-refractivity contribution in [2.75, 3.05) is 32.0 Å². The normalized spacial score (nSPS) is 17.2. The lowest BCUT2D eigenvalue weighted by atomic mass is 9.96. The van der Waals surface area contributed by atoms with E-state index in [9.17, 15) is 14.7 Å². The fourth-order valence-electron chi connectivity index (χ4n) is 4.66. The van der Waals surface area contributed by atoms with E-state index < -0.39 is 18.1 Å². The third-order valence-corrected chi connectivity index (χ3v) is 8.77. The van der Waals surface area contributed by atoms with Crippen molar-refractivity contribution in [2.24, 2.45) is 5.92 Å². The van der Waals surface area contributed by atoms with Crippen LogP contribution in [-0.4, -0.2) is 79.8 Å². The Kier molecular flexibility index (Phi) is 8.14. The average Bonchev–Trinajstić information content (AvgIpc) is 3.27. The number of aliphatic hydroxyl groups excluding tert-OH is 1. The van der Waals surface area contributed by atoms with Gasteiger partial charge < -0.3 is 35.1 Å². The number of imidazole rings is 1. The summed E-state index contributed by atoms with van der Waals surface area (Å²) in [5, 5.41) is 12.7. The zero-order chi connectivity index (χ0) is 27.7. The average molecular weight is 621 g/mol. The number of halogens is 1. The highest BCUT2D eigenvalue weighted by Crippen LogP contribution is 2.42. The predicted octanol–water partition coefficient (Wildman–Crippen LogP) is 2.22. The second-order valence-corrected chi connectivity index (χ2v) is 11.5. The van der Waals surface area contributed by atoms with Gasteiger partial charge in [-0.2, -0.15) is 0 Å². The highest BCUT2D eigenvalue weighted by Gasteiger charge is 2.29. The van der Waals surface area contributed by atoms with Crippen LogP contribution in [0.5, 0.6) is 11.5 Å². The first-order valence-electron chi connectivity index (χ1n) is 12.7. The van der Waals surface area contributed by atoms with Crippen LogP contribution in [0.1, 0.15) is 26.7 Å². The number of hydrogen-bond acceptors (Lipinski definition) is 10. The lowest BCUT2D eigenvalue weighted by Gasteiger charge is -2.34. The van der Waals surface area contributed by atoms with Crippen molar-refractivity contribution in [3.63, 3.8) is 0 Å². The van der Waals surface area contributed by atoms with E-state index in [1.807, 2.05) is 12.1 Å². The lowest BCUT2D eigenvalue weighted by molar-refractivity contribution is -0.139. The van der Waals surface area contributed by atoms with E-state index in [-0.39, 0.29) is 11.8 Å². The number of fused-ring (bicyclic) bond motifs is 2. The molecule has 2 atom stereocenters. The molecule has 0 bridgehead atoms. The number of aliphatic hydroxyl groups is 1. The fourth-order valence-corrected chi connectivity index (χ4v) is 6.15. The van der Waals surface area contributed by atoms with Gasteiger partial charge in [0.05, 0.1) is 0 Å². The summed E-state index contributed by atoms with van der Waals surface area (Å²) < 4.78 is 14.4. The summed E-state index contributed by atoms with van der Waals surface area (Å²) >= 11 is 5.12. The van der Waals surface area contributed by atoms with Gasteiger partial charge in [0.2, 0.25) is 11.8 Å². The quantitative estimate of drug-likeness (QED) is 0.358. The van der Waals surface area contributed by atoms with Gasteiger partial charge in [0, 0.05) is 29.0 Å². The standard InChI is InChI=1S/C25H30BrN7O5S/c1-13(30-23(35)14(2)34)24(36)32-5-3-15(4-6-32)11-33-22-20(21(27)28-12-29-22)31-25(33)39-19-10-18-17(9-16(19)26)37-7-8-38-18/h9-10,12-15,34H,3-8,11H2,1-2H3,(H,30,35)(H2,27,28,29)/t13-,14?/m1/s1. The van der Waals surface area contributed by atoms with Crippen LogP contribution in [0.2, 0.25) is 0 Å². The molecule has 3 aromatic rings. The SMILES string of the molecule is CC(O)C(=O)N[C@H](C)C(=O)N1CCC(Cn2c(Sc3cc4c(cc3Br)OCCO4)nc3c(N)ncnc32)CC1. The van der Waals surface area contributed by atoms with E-state index in [0.717, 1.165) is 27.4 Å². The molecule has 1 fully saturated rings. The van der Waals surface area contributed by atoms with Crippen LogP contribution in [-0.2, 0) is 16.1 Å². The van der Waals surface area contributed by atoms with E-state index >= 15 is 0 Å². The molecule has 1 unspecified atom stereocenters. The van der Waals surface area contributed by atoms with Gasteiger partial charge in [-0.05, 0) is 60.7 Å². The van der Waals surface area contributed by atoms with E-state index in [1.54, 1.807) is 11.8 Å². The number of nitrogens with two attached hydrogens (primary N) is 1. The van der Waals surface area contributed by atoms with Gasteiger partial charge in [-0.15, -0.1) is 0 Å². The van der Waals surface area contributed by atoms with Crippen LogP contribution in [0, 0.1) is 5.92 Å². The Balaban J connectivity index is 1.32. The van der Waals surface area contributed by atoms with Crippen molar-refractivity contribution in [2.45, 2.75) is 55.4 Å². The molecule has 2 amide bonds. The maximum absolute atomic E-state index is 12.8. The Morgan fingerprint density at radius 2 is 1.90 bits per heavy atom. The Bertz CT molecular complexity index is 1390. The highest BCUT2D eigenvalue weighted by molar-refractivity contribution is 9.10. The minimum atomic E-state index is -1.16. The van der Waals surface area contributed by atoms with E-state index in [1.165, 1.54) is 25.0 Å². The molecule has 1 aromatic carbocycles. The summed E-state index contributed by atoms with van der Waals surface area (Å²) in [6.45, 7) is 5.80. The van der Waals surface area contributed by atoms with Crippen molar-refractivity contribution >= 4 is 56.5 Å². The number of likely N-dealkylation sites (tertiary alicyclic amines) is 1. The van der Waals surface area contributed by atoms with Crippen LogP contribution < -0.4 is 20.5 Å². The molecule has 39 heavy (non-hydrogen) atoms. The van der Waals surface area contributed by atoms with Crippen LogP contribution in [0.15, 0.2) is 33.0 Å². The molecule has 0 saturated carbocycles. The number of rotatable bonds is 7. The number of nitrogen functional groups attached to an aromatic ring is 1. The van der Waals surface area contributed by atoms with Crippen LogP contribution in [0.25, 0.3) is 11.2 Å². The number of amides is 2. The van der Waals surface area contributed by atoms with Crippen molar-refractivity contribution in [3.8, 4) is 11.5 Å². The zero-order valence-corrected chi connectivity index (χ0v) is 24.0. The summed E-state index contributed by atoms with van der Waals surface area (Å²) in [5.74, 6) is 1.25. The van der Waals surface area contributed by atoms with Crippen molar-refractivity contribution < 1.29 is 24.2 Å². The number of piperidine rings is 1. The van der Waals surface area contributed by atoms with Gasteiger partial charge in [-0.3, -0.25) is 9.59 Å². The minimum Gasteiger partial charge on any atom is -0.486 e. The van der Waals surface area contributed by atoms with Gasteiger partial charge in [-0.1, -0.05) is 11.8 Å². The predicted molar refractivity (Wildman–Crippen MR) is 148 cm³/mol. The smallest absolute Gasteiger partial charge is 0.249 e. The Labute approximate surface area is 237 Å². The van der Waals surface area contributed by atoms with Crippen LogP contribution >= 0.6 is 27.7 Å². The summed E-state index contributed by atoms with van der Waals surface area (Å²) in [7, 11) is 0. The molecule has 1 saturated heterocycles. The van der Waals surface area contributed by atoms with Gasteiger partial charge in [0.15, 0.2) is 33.6 Å². The molecule has 2 aromatic heterocycles. The number of hydrogen-bond donors (Lipinski definition) is 3. The van der Waals surface area contributed by atoms with Crippen LogP contribution in [0.3, 0.4) is 0 Å². The zero-order valence-electron chi connectivity index (χ0n) is 21.6. The maximum atomic E-state index is 12.8. The Morgan fingerprint density at radius 3 is 2.59 bits per heavy atom. The molecule has 208 valence electrons. The van der Waals surface area contributed by atoms with Gasteiger partial charge >= 0.3 is 0 Å². The number of nitrogens with one attached hydrogen (secondary N) is 1. The van der Waals surface area contributed by atoms with E-state index in [4.69, 9.17) is 20.2 Å². The molecular weight excluding hydrogens is 590 g/mol. The number of anilines is 1. The van der Waals surface area contributed by atoms with Crippen molar-refractivity contribution in [3.05, 3.63) is 22.9 Å². The van der Waals surface area contributed by atoms with Gasteiger partial charge in [-0.25, -0.2) is 15.0 Å². The summed E-state index contributed by atoms with van der Waals surface area (Å²) in [6.07, 6.45) is 1.83. The van der Waals surface area contributed by atoms with Gasteiger partial charge in [0.1, 0.15) is 31.7 Å². The highest BCUT2D eigenvalue weighted by atomic mass is 79.9.